The molecule has 1 saturated carbocycles. The van der Waals surface area contributed by atoms with E-state index in [-0.39, 0.29) is 18.1 Å². The molecule has 1 fully saturated rings. The number of benzene rings is 1. The molecule has 7 heteroatoms. The van der Waals surface area contributed by atoms with Gasteiger partial charge in [-0.15, -0.1) is 0 Å². The smallest absolute Gasteiger partial charge is 0.342 e. The Hall–Kier alpha value is -2.15. The topological polar surface area (TPSA) is 113 Å². The third-order valence-corrected chi connectivity index (χ3v) is 4.04. The molecule has 0 saturated heterocycles. The summed E-state index contributed by atoms with van der Waals surface area (Å²) in [5.41, 5.74) is -0.195. The van der Waals surface area contributed by atoms with Gasteiger partial charge in [-0.3, -0.25) is 10.1 Å². The fourth-order valence-electron chi connectivity index (χ4n) is 2.85. The van der Waals surface area contributed by atoms with Crippen LogP contribution in [0.4, 0.5) is 11.4 Å². The highest BCUT2D eigenvalue weighted by Crippen LogP contribution is 2.31. The van der Waals surface area contributed by atoms with Gasteiger partial charge in [0.25, 0.3) is 5.69 Å². The van der Waals surface area contributed by atoms with E-state index in [9.17, 15) is 20.0 Å². The Bertz CT molecular complexity index is 546. The van der Waals surface area contributed by atoms with E-state index < -0.39 is 16.6 Å². The molecule has 1 aromatic carbocycles. The Morgan fingerprint density at radius 3 is 2.71 bits per heavy atom. The largest absolute Gasteiger partial charge is 0.477 e. The molecule has 0 aromatic heterocycles. The zero-order valence-corrected chi connectivity index (χ0v) is 11.5. The lowest BCUT2D eigenvalue weighted by molar-refractivity contribution is -0.385. The summed E-state index contributed by atoms with van der Waals surface area (Å²) in [5, 5.41) is 32.2. The van der Waals surface area contributed by atoms with Crippen molar-refractivity contribution in [2.24, 2.45) is 11.8 Å². The number of carbonyl (C=O) groups is 1. The second-order valence-corrected chi connectivity index (χ2v) is 5.31. The van der Waals surface area contributed by atoms with Crippen molar-refractivity contribution in [3.05, 3.63) is 33.9 Å². The van der Waals surface area contributed by atoms with Crippen LogP contribution in [0.1, 0.15) is 29.6 Å². The van der Waals surface area contributed by atoms with Crippen LogP contribution in [-0.2, 0) is 0 Å². The predicted molar refractivity (Wildman–Crippen MR) is 76.5 cm³/mol. The molecule has 2 atom stereocenters. The molecule has 1 aliphatic rings. The summed E-state index contributed by atoms with van der Waals surface area (Å²) in [6.07, 6.45) is 3.11. The Labute approximate surface area is 121 Å². The number of hydrogen-bond donors (Lipinski definition) is 3. The van der Waals surface area contributed by atoms with Crippen molar-refractivity contribution < 1.29 is 19.9 Å². The molecule has 0 heterocycles. The minimum Gasteiger partial charge on any atom is -0.477 e. The number of nitrogens with zero attached hydrogens (tertiary/aromatic N) is 1. The number of anilines is 1. The number of nitro groups is 1. The molecule has 7 nitrogen and oxygen atoms in total. The first kappa shape index (κ1) is 15.2. The van der Waals surface area contributed by atoms with Crippen molar-refractivity contribution in [2.75, 3.05) is 18.5 Å². The van der Waals surface area contributed by atoms with Crippen LogP contribution < -0.4 is 5.32 Å². The van der Waals surface area contributed by atoms with Crippen LogP contribution in [-0.4, -0.2) is 34.3 Å². The van der Waals surface area contributed by atoms with Crippen molar-refractivity contribution in [3.63, 3.8) is 0 Å². The summed E-state index contributed by atoms with van der Waals surface area (Å²) in [6.45, 7) is 0.787. The number of aliphatic hydroxyl groups is 1. The zero-order chi connectivity index (χ0) is 15.4. The molecular weight excluding hydrogens is 276 g/mol. The highest BCUT2D eigenvalue weighted by atomic mass is 16.6. The van der Waals surface area contributed by atoms with Gasteiger partial charge in [-0.05, 0) is 36.8 Å². The maximum Gasteiger partial charge on any atom is 0.342 e. The van der Waals surface area contributed by atoms with Gasteiger partial charge in [0.2, 0.25) is 0 Å². The van der Waals surface area contributed by atoms with E-state index >= 15 is 0 Å². The monoisotopic (exact) mass is 294 g/mol. The minimum absolute atomic E-state index is 0.160. The first-order valence-electron chi connectivity index (χ1n) is 6.89. The predicted octanol–water partition coefficient (Wildman–Crippen LogP) is 2.11. The van der Waals surface area contributed by atoms with Crippen molar-refractivity contribution in [2.45, 2.75) is 19.3 Å². The van der Waals surface area contributed by atoms with E-state index in [1.807, 2.05) is 0 Å². The molecule has 0 spiro atoms. The second kappa shape index (κ2) is 6.53. The Kier molecular flexibility index (Phi) is 4.74. The molecule has 1 aromatic rings. The third kappa shape index (κ3) is 3.49. The van der Waals surface area contributed by atoms with E-state index in [4.69, 9.17) is 5.11 Å². The Balaban J connectivity index is 2.09. The van der Waals surface area contributed by atoms with Gasteiger partial charge in [0.1, 0.15) is 5.56 Å². The maximum absolute atomic E-state index is 11.1. The number of hydrogen-bond acceptors (Lipinski definition) is 5. The van der Waals surface area contributed by atoms with Crippen molar-refractivity contribution in [1.29, 1.82) is 0 Å². The zero-order valence-electron chi connectivity index (χ0n) is 11.5. The highest BCUT2D eigenvalue weighted by Gasteiger charge is 2.26. The number of aromatic carboxylic acids is 1. The average molecular weight is 294 g/mol. The molecule has 2 unspecified atom stereocenters. The number of carboxylic acids is 1. The number of carboxylic acid groups (broad SMARTS) is 1. The lowest BCUT2D eigenvalue weighted by atomic mass is 9.97. The van der Waals surface area contributed by atoms with Crippen LogP contribution in [0.25, 0.3) is 0 Å². The van der Waals surface area contributed by atoms with Gasteiger partial charge in [0.05, 0.1) is 4.92 Å². The van der Waals surface area contributed by atoms with E-state index in [0.717, 1.165) is 19.3 Å². The van der Waals surface area contributed by atoms with Crippen LogP contribution >= 0.6 is 0 Å². The Morgan fingerprint density at radius 2 is 2.10 bits per heavy atom. The van der Waals surface area contributed by atoms with Crippen LogP contribution in [0.3, 0.4) is 0 Å². The van der Waals surface area contributed by atoms with Crippen molar-refractivity contribution in [3.8, 4) is 0 Å². The van der Waals surface area contributed by atoms with Crippen LogP contribution in [0.2, 0.25) is 0 Å². The average Bonchev–Trinajstić information content (AvgIpc) is 2.92. The van der Waals surface area contributed by atoms with Gasteiger partial charge in [0.15, 0.2) is 0 Å². The lowest BCUT2D eigenvalue weighted by Gasteiger charge is -2.18. The van der Waals surface area contributed by atoms with E-state index in [1.54, 1.807) is 0 Å². The molecule has 0 bridgehead atoms. The van der Waals surface area contributed by atoms with Crippen LogP contribution in [0.5, 0.6) is 0 Å². The summed E-state index contributed by atoms with van der Waals surface area (Å²) in [7, 11) is 0. The second-order valence-electron chi connectivity index (χ2n) is 5.31. The first-order valence-corrected chi connectivity index (χ1v) is 6.89. The van der Waals surface area contributed by atoms with Crippen LogP contribution in [0.15, 0.2) is 18.2 Å². The standard InChI is InChI=1S/C14H18N2O5/c17-8-10-3-1-2-9(10)7-15-11-4-5-13(16(20)21)12(6-11)14(18)19/h4-6,9-10,15,17H,1-3,7-8H2,(H,18,19). The fraction of sp³-hybridized carbons (Fsp3) is 0.500. The highest BCUT2D eigenvalue weighted by molar-refractivity contribution is 5.93. The molecule has 0 amide bonds. The van der Waals surface area contributed by atoms with E-state index in [2.05, 4.69) is 5.32 Å². The van der Waals surface area contributed by atoms with E-state index in [1.165, 1.54) is 18.2 Å². The quantitative estimate of drug-likeness (QED) is 0.547. The van der Waals surface area contributed by atoms with Gasteiger partial charge in [-0.25, -0.2) is 4.79 Å². The number of nitrogens with one attached hydrogen (secondary N) is 1. The minimum atomic E-state index is -1.32. The first-order chi connectivity index (χ1) is 10.0. The summed E-state index contributed by atoms with van der Waals surface area (Å²) < 4.78 is 0. The normalized spacial score (nSPS) is 21.2. The molecule has 1 aliphatic carbocycles. The van der Waals surface area contributed by atoms with E-state index in [0.29, 0.717) is 18.2 Å². The number of nitro benzene ring substituents is 1. The SMILES string of the molecule is O=C(O)c1cc(NCC2CCCC2CO)ccc1[N+](=O)[O-]. The number of rotatable bonds is 6. The van der Waals surface area contributed by atoms with Gasteiger partial charge >= 0.3 is 5.97 Å². The third-order valence-electron chi connectivity index (χ3n) is 4.04. The summed E-state index contributed by atoms with van der Waals surface area (Å²) in [6, 6.07) is 3.99. The maximum atomic E-state index is 11.1. The molecule has 3 N–H and O–H groups in total. The summed E-state index contributed by atoms with van der Waals surface area (Å²) in [4.78, 5) is 21.2. The number of aliphatic hydroxyl groups excluding tert-OH is 1. The lowest BCUT2D eigenvalue weighted by Crippen LogP contribution is -2.21. The molecule has 0 aliphatic heterocycles. The van der Waals surface area contributed by atoms with Gasteiger partial charge in [-0.1, -0.05) is 6.42 Å². The Morgan fingerprint density at radius 1 is 1.38 bits per heavy atom. The van der Waals surface area contributed by atoms with Crippen molar-refractivity contribution >= 4 is 17.3 Å². The van der Waals surface area contributed by atoms with Crippen molar-refractivity contribution in [1.82, 2.24) is 0 Å². The molecular formula is C14H18N2O5. The molecule has 114 valence electrons. The summed E-state index contributed by atoms with van der Waals surface area (Å²) in [5.74, 6) is -0.701. The van der Waals surface area contributed by atoms with Crippen LogP contribution in [0, 0.1) is 22.0 Å². The van der Waals surface area contributed by atoms with Gasteiger partial charge in [-0.2, -0.15) is 0 Å². The molecule has 21 heavy (non-hydrogen) atoms. The van der Waals surface area contributed by atoms with Gasteiger partial charge in [0, 0.05) is 24.9 Å². The molecule has 0 radical (unpaired) electrons. The molecule has 2 rings (SSSR count). The fourth-order valence-corrected chi connectivity index (χ4v) is 2.85. The van der Waals surface area contributed by atoms with Gasteiger partial charge < -0.3 is 15.5 Å². The summed E-state index contributed by atoms with van der Waals surface area (Å²) >= 11 is 0.